The molecule has 0 radical (unpaired) electrons. The molecule has 0 aliphatic rings. The van der Waals surface area contributed by atoms with E-state index in [1.807, 2.05) is 6.08 Å². The minimum atomic E-state index is -1.03. The lowest BCUT2D eigenvalue weighted by Gasteiger charge is -2.01. The van der Waals surface area contributed by atoms with Gasteiger partial charge in [-0.3, -0.25) is 0 Å². The molecule has 25 heavy (non-hydrogen) atoms. The van der Waals surface area contributed by atoms with Crippen molar-refractivity contribution in [1.82, 2.24) is 0 Å². The predicted octanol–water partition coefficient (Wildman–Crippen LogP) is 6.88. The van der Waals surface area contributed by atoms with Gasteiger partial charge in [-0.15, -0.1) is 0 Å². The van der Waals surface area contributed by atoms with E-state index >= 15 is 0 Å². The zero-order chi connectivity index (χ0) is 18.6. The van der Waals surface area contributed by atoms with Crippen LogP contribution in [0.1, 0.15) is 84.0 Å². The van der Waals surface area contributed by atoms with Gasteiger partial charge in [0.25, 0.3) is 0 Å². The lowest BCUT2D eigenvalue weighted by molar-refractivity contribution is -0.131. The number of aliphatic carboxylic acids is 1. The van der Waals surface area contributed by atoms with Crippen molar-refractivity contribution in [2.45, 2.75) is 84.0 Å². The van der Waals surface area contributed by atoms with Gasteiger partial charge in [0.15, 0.2) is 0 Å². The maximum absolute atomic E-state index is 10.3. The standard InChI is InChI=1S/C22H36O3/c1-2-3-4-5-6-7-8-9-10-11-12-13-14-15-16-18-21(23)19-17-20-22(24)25/h14-20,23H,2-13H2,1H3,(H,24,25). The highest BCUT2D eigenvalue weighted by molar-refractivity contribution is 5.80. The third-order valence-corrected chi connectivity index (χ3v) is 3.99. The molecule has 0 aromatic carbocycles. The molecule has 0 amide bonds. The highest BCUT2D eigenvalue weighted by atomic mass is 16.4. The van der Waals surface area contributed by atoms with E-state index in [1.165, 1.54) is 82.8 Å². The summed E-state index contributed by atoms with van der Waals surface area (Å²) in [5, 5.41) is 17.9. The van der Waals surface area contributed by atoms with E-state index in [-0.39, 0.29) is 5.76 Å². The van der Waals surface area contributed by atoms with Crippen LogP contribution in [0.2, 0.25) is 0 Å². The van der Waals surface area contributed by atoms with Crippen molar-refractivity contribution in [2.75, 3.05) is 0 Å². The SMILES string of the molecule is CCCCCCCCCCCCCC=CC=CC(O)=CC=CC(=O)O. The van der Waals surface area contributed by atoms with Gasteiger partial charge in [0.05, 0.1) is 0 Å². The van der Waals surface area contributed by atoms with Gasteiger partial charge in [0.2, 0.25) is 0 Å². The first-order valence-electron chi connectivity index (χ1n) is 9.80. The van der Waals surface area contributed by atoms with E-state index < -0.39 is 5.97 Å². The van der Waals surface area contributed by atoms with Crippen molar-refractivity contribution in [3.05, 3.63) is 48.3 Å². The zero-order valence-corrected chi connectivity index (χ0v) is 15.8. The van der Waals surface area contributed by atoms with Crippen molar-refractivity contribution < 1.29 is 15.0 Å². The van der Waals surface area contributed by atoms with E-state index in [9.17, 15) is 9.90 Å². The molecule has 0 aromatic rings. The van der Waals surface area contributed by atoms with Gasteiger partial charge >= 0.3 is 5.97 Å². The highest BCUT2D eigenvalue weighted by Crippen LogP contribution is 2.12. The van der Waals surface area contributed by atoms with Gasteiger partial charge in [-0.2, -0.15) is 0 Å². The van der Waals surface area contributed by atoms with Crippen LogP contribution in [0, 0.1) is 0 Å². The van der Waals surface area contributed by atoms with Crippen LogP contribution in [-0.2, 0) is 4.79 Å². The van der Waals surface area contributed by atoms with Gasteiger partial charge in [0, 0.05) is 6.08 Å². The van der Waals surface area contributed by atoms with Crippen LogP contribution in [0.15, 0.2) is 48.3 Å². The molecule has 0 saturated carbocycles. The summed E-state index contributed by atoms with van der Waals surface area (Å²) in [4.78, 5) is 10.3. The maximum Gasteiger partial charge on any atom is 0.328 e. The third-order valence-electron chi connectivity index (χ3n) is 3.99. The lowest BCUT2D eigenvalue weighted by Crippen LogP contribution is -1.84. The first-order chi connectivity index (χ1) is 12.2. The van der Waals surface area contributed by atoms with Crippen LogP contribution in [0.3, 0.4) is 0 Å². The number of aliphatic hydroxyl groups is 1. The predicted molar refractivity (Wildman–Crippen MR) is 107 cm³/mol. The molecule has 0 spiro atoms. The summed E-state index contributed by atoms with van der Waals surface area (Å²) in [6.45, 7) is 2.26. The van der Waals surface area contributed by atoms with Crippen LogP contribution in [0.4, 0.5) is 0 Å². The topological polar surface area (TPSA) is 57.5 Å². The fourth-order valence-corrected chi connectivity index (χ4v) is 2.54. The van der Waals surface area contributed by atoms with E-state index in [1.54, 1.807) is 12.2 Å². The lowest BCUT2D eigenvalue weighted by atomic mass is 10.1. The Morgan fingerprint density at radius 1 is 0.720 bits per heavy atom. The molecular formula is C22H36O3. The Labute approximate surface area is 153 Å². The third kappa shape index (κ3) is 20.2. The first kappa shape index (κ1) is 23.2. The van der Waals surface area contributed by atoms with Crippen molar-refractivity contribution >= 4 is 5.97 Å². The van der Waals surface area contributed by atoms with E-state index in [0.717, 1.165) is 12.5 Å². The summed E-state index contributed by atoms with van der Waals surface area (Å²) in [7, 11) is 0. The van der Waals surface area contributed by atoms with Crippen LogP contribution < -0.4 is 0 Å². The molecule has 0 heterocycles. The molecule has 0 bridgehead atoms. The minimum Gasteiger partial charge on any atom is -0.508 e. The molecule has 3 heteroatoms. The fourth-order valence-electron chi connectivity index (χ4n) is 2.54. The zero-order valence-electron chi connectivity index (χ0n) is 15.8. The van der Waals surface area contributed by atoms with Crippen molar-refractivity contribution in [3.63, 3.8) is 0 Å². The number of carboxylic acid groups (broad SMARTS) is 1. The van der Waals surface area contributed by atoms with E-state index in [4.69, 9.17) is 5.11 Å². The Hall–Kier alpha value is -1.77. The highest BCUT2D eigenvalue weighted by Gasteiger charge is 1.92. The van der Waals surface area contributed by atoms with E-state index in [2.05, 4.69) is 13.0 Å². The summed E-state index contributed by atoms with van der Waals surface area (Å²) >= 11 is 0. The molecule has 0 aliphatic carbocycles. The summed E-state index contributed by atoms with van der Waals surface area (Å²) in [5.74, 6) is -0.989. The summed E-state index contributed by atoms with van der Waals surface area (Å²) < 4.78 is 0. The number of hydrogen-bond donors (Lipinski definition) is 2. The molecule has 2 N–H and O–H groups in total. The second kappa shape index (κ2) is 18.6. The normalized spacial score (nSPS) is 12.8. The Kier molecular flexibility index (Phi) is 17.3. The summed E-state index contributed by atoms with van der Waals surface area (Å²) in [6.07, 6.45) is 26.9. The Morgan fingerprint density at radius 3 is 1.84 bits per heavy atom. The maximum atomic E-state index is 10.3. The van der Waals surface area contributed by atoms with Crippen LogP contribution in [0.25, 0.3) is 0 Å². The number of hydrogen-bond acceptors (Lipinski definition) is 2. The Morgan fingerprint density at radius 2 is 1.28 bits per heavy atom. The molecule has 0 rings (SSSR count). The second-order valence-electron chi connectivity index (χ2n) is 6.40. The number of rotatable bonds is 16. The summed E-state index contributed by atoms with van der Waals surface area (Å²) in [6, 6.07) is 0. The molecule has 142 valence electrons. The van der Waals surface area contributed by atoms with Gasteiger partial charge < -0.3 is 10.2 Å². The molecule has 0 fully saturated rings. The fraction of sp³-hybridized carbons (Fsp3) is 0.591. The molecular weight excluding hydrogens is 312 g/mol. The molecule has 0 aliphatic heterocycles. The largest absolute Gasteiger partial charge is 0.508 e. The molecule has 0 unspecified atom stereocenters. The number of carbonyl (C=O) groups is 1. The van der Waals surface area contributed by atoms with Gasteiger partial charge in [-0.25, -0.2) is 4.79 Å². The van der Waals surface area contributed by atoms with Gasteiger partial charge in [-0.05, 0) is 25.0 Å². The average Bonchev–Trinajstić information content (AvgIpc) is 2.58. The van der Waals surface area contributed by atoms with Crippen LogP contribution >= 0.6 is 0 Å². The quantitative estimate of drug-likeness (QED) is 0.138. The molecule has 3 nitrogen and oxygen atoms in total. The first-order valence-corrected chi connectivity index (χ1v) is 9.80. The number of carboxylic acids is 1. The summed E-state index contributed by atoms with van der Waals surface area (Å²) in [5.41, 5.74) is 0. The number of allylic oxidation sites excluding steroid dienone is 6. The second-order valence-corrected chi connectivity index (χ2v) is 6.40. The van der Waals surface area contributed by atoms with E-state index in [0.29, 0.717) is 0 Å². The molecule has 0 atom stereocenters. The molecule has 0 aromatic heterocycles. The molecule has 0 saturated heterocycles. The van der Waals surface area contributed by atoms with Crippen LogP contribution in [0.5, 0.6) is 0 Å². The number of aliphatic hydroxyl groups excluding tert-OH is 1. The van der Waals surface area contributed by atoms with Crippen molar-refractivity contribution in [1.29, 1.82) is 0 Å². The van der Waals surface area contributed by atoms with Crippen molar-refractivity contribution in [3.8, 4) is 0 Å². The van der Waals surface area contributed by atoms with Gasteiger partial charge in [0.1, 0.15) is 5.76 Å². The Bertz CT molecular complexity index is 431. The average molecular weight is 349 g/mol. The minimum absolute atomic E-state index is 0.0387. The monoisotopic (exact) mass is 348 g/mol. The Balaban J connectivity index is 3.46. The van der Waals surface area contributed by atoms with Gasteiger partial charge in [-0.1, -0.05) is 95.4 Å². The van der Waals surface area contributed by atoms with Crippen molar-refractivity contribution in [2.24, 2.45) is 0 Å². The number of unbranched alkanes of at least 4 members (excludes halogenated alkanes) is 11. The smallest absolute Gasteiger partial charge is 0.328 e. The van der Waals surface area contributed by atoms with Crippen LogP contribution in [-0.4, -0.2) is 16.2 Å².